The Hall–Kier alpha value is -0.0800. The van der Waals surface area contributed by atoms with Crippen LogP contribution in [-0.2, 0) is 4.74 Å². The van der Waals surface area contributed by atoms with E-state index in [-0.39, 0.29) is 0 Å². The summed E-state index contributed by atoms with van der Waals surface area (Å²) >= 11 is 0. The third kappa shape index (κ3) is 3.65. The molecule has 0 bridgehead atoms. The molecule has 1 fully saturated rings. The molecule has 0 spiro atoms. The molecule has 1 aliphatic carbocycles. The van der Waals surface area contributed by atoms with Gasteiger partial charge in [-0.15, -0.1) is 0 Å². The fraction of sp³-hybridized carbons (Fsp3) is 1.00. The van der Waals surface area contributed by atoms with Crippen LogP contribution in [0.15, 0.2) is 0 Å². The lowest BCUT2D eigenvalue weighted by molar-refractivity contribution is 0.147. The molecular formula is C11H23NO. The van der Waals surface area contributed by atoms with Crippen molar-refractivity contribution >= 4 is 0 Å². The molecule has 3 unspecified atom stereocenters. The molecule has 13 heavy (non-hydrogen) atoms. The van der Waals surface area contributed by atoms with E-state index >= 15 is 0 Å². The quantitative estimate of drug-likeness (QED) is 0.612. The van der Waals surface area contributed by atoms with Gasteiger partial charge in [0.15, 0.2) is 0 Å². The first-order valence-corrected chi connectivity index (χ1v) is 5.49. The summed E-state index contributed by atoms with van der Waals surface area (Å²) in [6, 6.07) is 0. The highest BCUT2D eigenvalue weighted by Crippen LogP contribution is 2.43. The normalized spacial score (nSPS) is 28.8. The molecule has 1 N–H and O–H groups in total. The van der Waals surface area contributed by atoms with Crippen molar-refractivity contribution in [3.05, 3.63) is 0 Å². The Morgan fingerprint density at radius 1 is 1.54 bits per heavy atom. The summed E-state index contributed by atoms with van der Waals surface area (Å²) in [6.07, 6.45) is 2.65. The lowest BCUT2D eigenvalue weighted by Gasteiger charge is -2.09. The highest BCUT2D eigenvalue weighted by Gasteiger charge is 2.40. The molecule has 1 rings (SSSR count). The van der Waals surface area contributed by atoms with E-state index < -0.39 is 0 Å². The second kappa shape index (κ2) is 5.61. The van der Waals surface area contributed by atoms with Crippen LogP contribution in [-0.4, -0.2) is 26.8 Å². The molecule has 0 amide bonds. The van der Waals surface area contributed by atoms with E-state index in [2.05, 4.69) is 19.2 Å². The van der Waals surface area contributed by atoms with Gasteiger partial charge in [0.2, 0.25) is 0 Å². The molecule has 3 atom stereocenters. The summed E-state index contributed by atoms with van der Waals surface area (Å²) in [6.45, 7) is 7.82. The van der Waals surface area contributed by atoms with E-state index in [0.717, 1.165) is 24.4 Å². The van der Waals surface area contributed by atoms with Gasteiger partial charge in [0.1, 0.15) is 0 Å². The third-order valence-electron chi connectivity index (χ3n) is 2.97. The zero-order valence-corrected chi connectivity index (χ0v) is 9.18. The fourth-order valence-electron chi connectivity index (χ4n) is 2.05. The number of ether oxygens (including phenoxy) is 1. The molecule has 1 saturated carbocycles. The summed E-state index contributed by atoms with van der Waals surface area (Å²) in [4.78, 5) is 0. The maximum absolute atomic E-state index is 5.16. The van der Waals surface area contributed by atoms with Gasteiger partial charge in [-0.3, -0.25) is 0 Å². The largest absolute Gasteiger partial charge is 0.384 e. The van der Waals surface area contributed by atoms with Crippen molar-refractivity contribution in [3.8, 4) is 0 Å². The van der Waals surface area contributed by atoms with Crippen LogP contribution in [0.2, 0.25) is 0 Å². The first kappa shape index (κ1) is 11.0. The van der Waals surface area contributed by atoms with Gasteiger partial charge in [-0.2, -0.15) is 0 Å². The van der Waals surface area contributed by atoms with Gasteiger partial charge >= 0.3 is 0 Å². The fourth-order valence-corrected chi connectivity index (χ4v) is 2.05. The number of rotatable bonds is 7. The smallest absolute Gasteiger partial charge is 0.0490 e. The Balaban J connectivity index is 2.01. The van der Waals surface area contributed by atoms with Crippen LogP contribution < -0.4 is 5.32 Å². The van der Waals surface area contributed by atoms with Gasteiger partial charge < -0.3 is 10.1 Å². The van der Waals surface area contributed by atoms with Crippen LogP contribution in [0.3, 0.4) is 0 Å². The monoisotopic (exact) mass is 185 g/mol. The van der Waals surface area contributed by atoms with Crippen molar-refractivity contribution in [2.75, 3.05) is 26.8 Å². The minimum Gasteiger partial charge on any atom is -0.384 e. The minimum absolute atomic E-state index is 0.749. The minimum atomic E-state index is 0.749. The van der Waals surface area contributed by atoms with Crippen molar-refractivity contribution < 1.29 is 4.74 Å². The molecule has 2 nitrogen and oxygen atoms in total. The van der Waals surface area contributed by atoms with Crippen molar-refractivity contribution in [3.63, 3.8) is 0 Å². The highest BCUT2D eigenvalue weighted by atomic mass is 16.5. The van der Waals surface area contributed by atoms with Crippen molar-refractivity contribution in [1.29, 1.82) is 0 Å². The lowest BCUT2D eigenvalue weighted by Crippen LogP contribution is -2.19. The standard InChI is InChI=1S/C11H23NO/c1-4-5-12-7-10-6-11(10)9(2)8-13-3/h9-12H,4-8H2,1-3H3. The Morgan fingerprint density at radius 3 is 2.92 bits per heavy atom. The SMILES string of the molecule is CCCNCC1CC1C(C)COC. The molecule has 0 aromatic rings. The van der Waals surface area contributed by atoms with E-state index in [0.29, 0.717) is 0 Å². The van der Waals surface area contributed by atoms with Crippen molar-refractivity contribution in [2.24, 2.45) is 17.8 Å². The van der Waals surface area contributed by atoms with E-state index in [4.69, 9.17) is 4.74 Å². The van der Waals surface area contributed by atoms with Crippen LogP contribution in [0.4, 0.5) is 0 Å². The number of hydrogen-bond donors (Lipinski definition) is 1. The molecule has 1 aliphatic rings. The molecular weight excluding hydrogens is 162 g/mol. The third-order valence-corrected chi connectivity index (χ3v) is 2.97. The molecule has 0 aromatic heterocycles. The zero-order valence-electron chi connectivity index (χ0n) is 9.18. The van der Waals surface area contributed by atoms with Crippen LogP contribution >= 0.6 is 0 Å². The molecule has 0 aliphatic heterocycles. The summed E-state index contributed by atoms with van der Waals surface area (Å²) < 4.78 is 5.16. The molecule has 0 aromatic carbocycles. The maximum atomic E-state index is 5.16. The van der Waals surface area contributed by atoms with Gasteiger partial charge in [-0.25, -0.2) is 0 Å². The van der Waals surface area contributed by atoms with Gasteiger partial charge in [0, 0.05) is 13.7 Å². The van der Waals surface area contributed by atoms with Crippen molar-refractivity contribution in [2.45, 2.75) is 26.7 Å². The predicted molar refractivity (Wildman–Crippen MR) is 55.8 cm³/mol. The molecule has 2 heteroatoms. The molecule has 0 heterocycles. The van der Waals surface area contributed by atoms with Gasteiger partial charge in [-0.05, 0) is 43.7 Å². The van der Waals surface area contributed by atoms with E-state index in [9.17, 15) is 0 Å². The first-order valence-electron chi connectivity index (χ1n) is 5.49. The summed E-state index contributed by atoms with van der Waals surface area (Å²) in [5.74, 6) is 2.60. The van der Waals surface area contributed by atoms with E-state index in [1.54, 1.807) is 7.11 Å². The zero-order chi connectivity index (χ0) is 9.68. The average molecular weight is 185 g/mol. The van der Waals surface area contributed by atoms with Crippen LogP contribution in [0, 0.1) is 17.8 Å². The lowest BCUT2D eigenvalue weighted by atomic mass is 10.1. The molecule has 0 saturated heterocycles. The summed E-state index contributed by atoms with van der Waals surface area (Å²) in [7, 11) is 1.79. The van der Waals surface area contributed by atoms with Gasteiger partial charge in [-0.1, -0.05) is 13.8 Å². The Morgan fingerprint density at radius 2 is 2.31 bits per heavy atom. The Labute approximate surface area is 82.0 Å². The van der Waals surface area contributed by atoms with Gasteiger partial charge in [0.25, 0.3) is 0 Å². The van der Waals surface area contributed by atoms with Crippen LogP contribution in [0.25, 0.3) is 0 Å². The number of methoxy groups -OCH3 is 1. The van der Waals surface area contributed by atoms with Crippen LogP contribution in [0.1, 0.15) is 26.7 Å². The topological polar surface area (TPSA) is 21.3 Å². The second-order valence-electron chi connectivity index (χ2n) is 4.30. The number of nitrogens with one attached hydrogen (secondary N) is 1. The summed E-state index contributed by atoms with van der Waals surface area (Å²) in [5, 5.41) is 3.48. The average Bonchev–Trinajstić information content (AvgIpc) is 2.85. The van der Waals surface area contributed by atoms with Crippen LogP contribution in [0.5, 0.6) is 0 Å². The summed E-state index contributed by atoms with van der Waals surface area (Å²) in [5.41, 5.74) is 0. The number of hydrogen-bond acceptors (Lipinski definition) is 2. The van der Waals surface area contributed by atoms with Gasteiger partial charge in [0.05, 0.1) is 0 Å². The second-order valence-corrected chi connectivity index (χ2v) is 4.30. The molecule has 0 radical (unpaired) electrons. The predicted octanol–water partition coefficient (Wildman–Crippen LogP) is 1.90. The van der Waals surface area contributed by atoms with E-state index in [1.807, 2.05) is 0 Å². The maximum Gasteiger partial charge on any atom is 0.0490 e. The van der Waals surface area contributed by atoms with Crippen molar-refractivity contribution in [1.82, 2.24) is 5.32 Å². The van der Waals surface area contributed by atoms with E-state index in [1.165, 1.54) is 25.9 Å². The highest BCUT2D eigenvalue weighted by molar-refractivity contribution is 4.90. The Kier molecular flexibility index (Phi) is 4.74. The Bertz CT molecular complexity index is 138. The molecule has 78 valence electrons. The first-order chi connectivity index (χ1) is 6.29.